The third kappa shape index (κ3) is 2.46. The Balaban J connectivity index is 1.56. The van der Waals surface area contributed by atoms with Gasteiger partial charge in [-0.25, -0.2) is 15.0 Å². The molecule has 1 aliphatic rings. The Morgan fingerprint density at radius 1 is 1.00 bits per heavy atom. The van der Waals surface area contributed by atoms with Crippen molar-refractivity contribution < 1.29 is 0 Å². The lowest BCUT2D eigenvalue weighted by molar-refractivity contribution is 0.643. The molecule has 4 rings (SSSR count). The van der Waals surface area contributed by atoms with E-state index in [0.29, 0.717) is 5.02 Å². The van der Waals surface area contributed by atoms with Crippen molar-refractivity contribution in [3.05, 3.63) is 35.9 Å². The molecule has 8 heteroatoms. The van der Waals surface area contributed by atoms with E-state index in [9.17, 15) is 0 Å². The summed E-state index contributed by atoms with van der Waals surface area (Å²) in [6.45, 7) is 3.41. The minimum Gasteiger partial charge on any atom is -0.352 e. The van der Waals surface area contributed by atoms with Crippen LogP contribution in [0.2, 0.25) is 5.02 Å². The van der Waals surface area contributed by atoms with Gasteiger partial charge >= 0.3 is 0 Å². The second-order valence-corrected chi connectivity index (χ2v) is 5.89. The van der Waals surface area contributed by atoms with E-state index in [1.165, 1.54) is 0 Å². The second kappa shape index (κ2) is 5.66. The lowest BCUT2D eigenvalue weighted by Crippen LogP contribution is -2.47. The van der Waals surface area contributed by atoms with Crippen molar-refractivity contribution in [3.63, 3.8) is 0 Å². The molecule has 1 saturated heterocycles. The number of fused-ring (bicyclic) bond motifs is 1. The Bertz CT molecular complexity index is 839. The molecule has 0 saturated carbocycles. The number of aromatic nitrogens is 5. The predicted molar refractivity (Wildman–Crippen MR) is 90.0 cm³/mol. The van der Waals surface area contributed by atoms with Crippen LogP contribution in [0.5, 0.6) is 0 Å². The van der Waals surface area contributed by atoms with Crippen LogP contribution in [0.4, 0.5) is 11.6 Å². The van der Waals surface area contributed by atoms with Gasteiger partial charge in [-0.1, -0.05) is 11.6 Å². The summed E-state index contributed by atoms with van der Waals surface area (Å²) in [4.78, 5) is 17.6. The van der Waals surface area contributed by atoms with Gasteiger partial charge < -0.3 is 9.80 Å². The number of hydrogen-bond donors (Lipinski definition) is 0. The van der Waals surface area contributed by atoms with Crippen molar-refractivity contribution in [1.82, 2.24) is 24.7 Å². The van der Waals surface area contributed by atoms with Gasteiger partial charge in [0.05, 0.1) is 16.6 Å². The fourth-order valence-corrected chi connectivity index (χ4v) is 3.18. The summed E-state index contributed by atoms with van der Waals surface area (Å²) in [6.07, 6.45) is 5.20. The first kappa shape index (κ1) is 14.2. The maximum absolute atomic E-state index is 6.24. The third-order valence-electron chi connectivity index (χ3n) is 4.13. The van der Waals surface area contributed by atoms with Crippen molar-refractivity contribution >= 4 is 34.3 Å². The summed E-state index contributed by atoms with van der Waals surface area (Å²) in [5, 5.41) is 5.95. The van der Waals surface area contributed by atoms with Crippen LogP contribution >= 0.6 is 11.6 Å². The van der Waals surface area contributed by atoms with Crippen molar-refractivity contribution in [1.29, 1.82) is 0 Å². The SMILES string of the molecule is Cn1ncc2c(N3CCN(c4ncccc4Cl)CC3)ncnc21. The average molecular weight is 330 g/mol. The minimum atomic E-state index is 0.692. The molecule has 1 fully saturated rings. The van der Waals surface area contributed by atoms with Gasteiger partial charge in [0, 0.05) is 39.4 Å². The number of anilines is 2. The van der Waals surface area contributed by atoms with Crippen molar-refractivity contribution in [2.45, 2.75) is 0 Å². The molecule has 0 atom stereocenters. The number of hydrogen-bond acceptors (Lipinski definition) is 6. The van der Waals surface area contributed by atoms with E-state index >= 15 is 0 Å². The molecule has 0 radical (unpaired) electrons. The van der Waals surface area contributed by atoms with Crippen molar-refractivity contribution in [3.8, 4) is 0 Å². The number of pyridine rings is 1. The fourth-order valence-electron chi connectivity index (χ4n) is 2.94. The van der Waals surface area contributed by atoms with Gasteiger partial charge in [-0.2, -0.15) is 5.10 Å². The highest BCUT2D eigenvalue weighted by atomic mass is 35.5. The second-order valence-electron chi connectivity index (χ2n) is 5.49. The van der Waals surface area contributed by atoms with Gasteiger partial charge in [0.1, 0.15) is 18.0 Å². The molecule has 0 amide bonds. The Hall–Kier alpha value is -2.41. The van der Waals surface area contributed by atoms with Gasteiger partial charge in [0.25, 0.3) is 0 Å². The normalized spacial score (nSPS) is 15.4. The van der Waals surface area contributed by atoms with Gasteiger partial charge in [0.15, 0.2) is 5.65 Å². The maximum atomic E-state index is 6.24. The van der Waals surface area contributed by atoms with Crippen molar-refractivity contribution in [2.24, 2.45) is 7.05 Å². The Labute approximate surface area is 138 Å². The molecule has 0 unspecified atom stereocenters. The highest BCUT2D eigenvalue weighted by Crippen LogP contribution is 2.26. The highest BCUT2D eigenvalue weighted by Gasteiger charge is 2.22. The number of nitrogens with zero attached hydrogens (tertiary/aromatic N) is 7. The zero-order chi connectivity index (χ0) is 15.8. The molecule has 23 heavy (non-hydrogen) atoms. The summed E-state index contributed by atoms with van der Waals surface area (Å²) in [7, 11) is 1.89. The van der Waals surface area contributed by atoms with Gasteiger partial charge in [0.2, 0.25) is 0 Å². The van der Waals surface area contributed by atoms with E-state index in [1.54, 1.807) is 17.2 Å². The van der Waals surface area contributed by atoms with E-state index < -0.39 is 0 Å². The maximum Gasteiger partial charge on any atom is 0.163 e. The number of piperazine rings is 1. The molecule has 3 aromatic heterocycles. The highest BCUT2D eigenvalue weighted by molar-refractivity contribution is 6.32. The summed E-state index contributed by atoms with van der Waals surface area (Å²) in [6, 6.07) is 3.72. The zero-order valence-corrected chi connectivity index (χ0v) is 13.5. The molecular formula is C15H16ClN7. The van der Waals surface area contributed by atoms with Crippen LogP contribution in [0, 0.1) is 0 Å². The lowest BCUT2D eigenvalue weighted by Gasteiger charge is -2.36. The lowest BCUT2D eigenvalue weighted by atomic mass is 10.2. The summed E-state index contributed by atoms with van der Waals surface area (Å²) in [5.74, 6) is 1.79. The summed E-state index contributed by atoms with van der Waals surface area (Å²) in [5.41, 5.74) is 0.852. The standard InChI is InChI=1S/C15H16ClN7/c1-21-13-11(9-20-21)14(19-10-18-13)22-5-7-23(8-6-22)15-12(16)3-2-4-17-15/h2-4,9-10H,5-8H2,1H3. The largest absolute Gasteiger partial charge is 0.352 e. The zero-order valence-electron chi connectivity index (χ0n) is 12.7. The average Bonchev–Trinajstić information content (AvgIpc) is 2.97. The summed E-state index contributed by atoms with van der Waals surface area (Å²) < 4.78 is 1.77. The molecule has 3 aromatic rings. The first-order chi connectivity index (χ1) is 11.2. The van der Waals surface area contributed by atoms with Gasteiger partial charge in [-0.05, 0) is 12.1 Å². The molecular weight excluding hydrogens is 314 g/mol. The Morgan fingerprint density at radius 3 is 2.48 bits per heavy atom. The van der Waals surface area contributed by atoms with E-state index in [4.69, 9.17) is 11.6 Å². The van der Waals surface area contributed by atoms with E-state index in [2.05, 4.69) is 29.9 Å². The predicted octanol–water partition coefficient (Wildman–Crippen LogP) is 1.74. The third-order valence-corrected chi connectivity index (χ3v) is 4.42. The first-order valence-corrected chi connectivity index (χ1v) is 7.85. The van der Waals surface area contributed by atoms with Crippen LogP contribution in [0.25, 0.3) is 11.0 Å². The van der Waals surface area contributed by atoms with E-state index in [0.717, 1.165) is 48.8 Å². The van der Waals surface area contributed by atoms with E-state index in [-0.39, 0.29) is 0 Å². The quantitative estimate of drug-likeness (QED) is 0.713. The molecule has 0 N–H and O–H groups in total. The van der Waals surface area contributed by atoms with Crippen LogP contribution in [0.15, 0.2) is 30.9 Å². The van der Waals surface area contributed by atoms with Crippen LogP contribution in [0.3, 0.4) is 0 Å². The van der Waals surface area contributed by atoms with Crippen LogP contribution in [-0.4, -0.2) is 50.9 Å². The number of rotatable bonds is 2. The topological polar surface area (TPSA) is 63.0 Å². The summed E-state index contributed by atoms with van der Waals surface area (Å²) >= 11 is 6.24. The molecule has 118 valence electrons. The fraction of sp³-hybridized carbons (Fsp3) is 0.333. The monoisotopic (exact) mass is 329 g/mol. The Morgan fingerprint density at radius 2 is 1.74 bits per heavy atom. The van der Waals surface area contributed by atoms with E-state index in [1.807, 2.05) is 25.4 Å². The minimum absolute atomic E-state index is 0.692. The molecule has 0 aromatic carbocycles. The molecule has 0 spiro atoms. The number of halogens is 1. The van der Waals surface area contributed by atoms with Crippen molar-refractivity contribution in [2.75, 3.05) is 36.0 Å². The van der Waals surface area contributed by atoms with Crippen LogP contribution in [-0.2, 0) is 7.05 Å². The molecule has 7 nitrogen and oxygen atoms in total. The van der Waals surface area contributed by atoms with Crippen LogP contribution < -0.4 is 9.80 Å². The van der Waals surface area contributed by atoms with Gasteiger partial charge in [-0.15, -0.1) is 0 Å². The number of aryl methyl sites for hydroxylation is 1. The smallest absolute Gasteiger partial charge is 0.163 e. The molecule has 0 bridgehead atoms. The Kier molecular flexibility index (Phi) is 3.49. The first-order valence-electron chi connectivity index (χ1n) is 7.47. The molecule has 0 aliphatic carbocycles. The van der Waals surface area contributed by atoms with Crippen LogP contribution in [0.1, 0.15) is 0 Å². The molecule has 4 heterocycles. The van der Waals surface area contributed by atoms with Gasteiger partial charge in [-0.3, -0.25) is 4.68 Å². The molecule has 1 aliphatic heterocycles.